The summed E-state index contributed by atoms with van der Waals surface area (Å²) < 4.78 is 5.12. The van der Waals surface area contributed by atoms with Gasteiger partial charge < -0.3 is 15.8 Å². The van der Waals surface area contributed by atoms with Crippen molar-refractivity contribution >= 4 is 5.91 Å². The van der Waals surface area contributed by atoms with E-state index >= 15 is 0 Å². The third-order valence-corrected chi connectivity index (χ3v) is 3.03. The van der Waals surface area contributed by atoms with Crippen LogP contribution in [0.2, 0.25) is 0 Å². The second kappa shape index (κ2) is 6.68. The van der Waals surface area contributed by atoms with Crippen molar-refractivity contribution in [3.63, 3.8) is 0 Å². The molecule has 1 aromatic carbocycles. The number of hydrogen-bond acceptors (Lipinski definition) is 4. The highest BCUT2D eigenvalue weighted by atomic mass is 16.5. The molecule has 1 aromatic heterocycles. The van der Waals surface area contributed by atoms with Gasteiger partial charge in [-0.2, -0.15) is 0 Å². The number of ether oxygens (including phenoxy) is 1. The molecule has 0 radical (unpaired) electrons. The van der Waals surface area contributed by atoms with Crippen LogP contribution in [-0.2, 0) is 13.1 Å². The first kappa shape index (κ1) is 14.0. The number of hydrogen-bond donors (Lipinski definition) is 2. The highest BCUT2D eigenvalue weighted by Gasteiger charge is 2.11. The third kappa shape index (κ3) is 3.13. The lowest BCUT2D eigenvalue weighted by atomic mass is 10.1. The van der Waals surface area contributed by atoms with Gasteiger partial charge in [0.1, 0.15) is 5.75 Å². The molecule has 0 spiro atoms. The number of amides is 1. The molecule has 0 saturated carbocycles. The largest absolute Gasteiger partial charge is 0.494 e. The van der Waals surface area contributed by atoms with Gasteiger partial charge in [-0.15, -0.1) is 0 Å². The van der Waals surface area contributed by atoms with E-state index in [9.17, 15) is 4.79 Å². The average molecular weight is 271 g/mol. The molecule has 0 saturated heterocycles. The second-order valence-electron chi connectivity index (χ2n) is 4.23. The zero-order valence-electron chi connectivity index (χ0n) is 11.3. The van der Waals surface area contributed by atoms with Crippen LogP contribution < -0.4 is 15.8 Å². The smallest absolute Gasteiger partial charge is 0.255 e. The minimum atomic E-state index is -0.198. The van der Waals surface area contributed by atoms with E-state index in [1.807, 2.05) is 24.3 Å². The molecule has 0 fully saturated rings. The maximum absolute atomic E-state index is 12.1. The maximum atomic E-state index is 12.1. The molecule has 2 rings (SSSR count). The van der Waals surface area contributed by atoms with Crippen molar-refractivity contribution in [2.24, 2.45) is 5.73 Å². The van der Waals surface area contributed by atoms with Gasteiger partial charge in [0.05, 0.1) is 18.9 Å². The van der Waals surface area contributed by atoms with Crippen LogP contribution in [0.4, 0.5) is 0 Å². The highest BCUT2D eigenvalue weighted by Crippen LogP contribution is 2.15. The van der Waals surface area contributed by atoms with Gasteiger partial charge in [0.15, 0.2) is 0 Å². The summed E-state index contributed by atoms with van der Waals surface area (Å²) in [5.74, 6) is 0.258. The molecule has 0 atom stereocenters. The predicted octanol–water partition coefficient (Wildman–Crippen LogP) is 1.48. The Kier molecular flexibility index (Phi) is 4.68. The van der Waals surface area contributed by atoms with E-state index in [-0.39, 0.29) is 5.91 Å². The lowest BCUT2D eigenvalue weighted by Gasteiger charge is -2.11. The number of nitrogens with zero attached hydrogens (tertiary/aromatic N) is 1. The Balaban J connectivity index is 2.09. The molecule has 0 aliphatic carbocycles. The minimum absolute atomic E-state index is 0.198. The van der Waals surface area contributed by atoms with Crippen LogP contribution in [0.1, 0.15) is 21.5 Å². The van der Waals surface area contributed by atoms with Gasteiger partial charge in [-0.3, -0.25) is 9.78 Å². The van der Waals surface area contributed by atoms with Crippen molar-refractivity contribution < 1.29 is 9.53 Å². The zero-order valence-corrected chi connectivity index (χ0v) is 11.3. The van der Waals surface area contributed by atoms with E-state index in [1.165, 1.54) is 13.3 Å². The number of rotatable bonds is 5. The van der Waals surface area contributed by atoms with Gasteiger partial charge >= 0.3 is 0 Å². The summed E-state index contributed by atoms with van der Waals surface area (Å²) in [7, 11) is 1.51. The van der Waals surface area contributed by atoms with Crippen LogP contribution >= 0.6 is 0 Å². The van der Waals surface area contributed by atoms with Gasteiger partial charge in [-0.25, -0.2) is 0 Å². The number of aromatic nitrogens is 1. The summed E-state index contributed by atoms with van der Waals surface area (Å²) in [4.78, 5) is 16.1. The highest BCUT2D eigenvalue weighted by molar-refractivity contribution is 5.96. The Bertz CT molecular complexity index is 599. The van der Waals surface area contributed by atoms with Crippen LogP contribution in [0.3, 0.4) is 0 Å². The van der Waals surface area contributed by atoms with Crippen molar-refractivity contribution in [2.75, 3.05) is 7.11 Å². The number of carbonyl (C=O) groups excluding carboxylic acids is 1. The molecular formula is C15H17N3O2. The predicted molar refractivity (Wildman–Crippen MR) is 76.3 cm³/mol. The molecule has 3 N–H and O–H groups in total. The van der Waals surface area contributed by atoms with Crippen molar-refractivity contribution in [3.05, 3.63) is 59.4 Å². The van der Waals surface area contributed by atoms with Crippen molar-refractivity contribution in [3.8, 4) is 5.75 Å². The Morgan fingerprint density at radius 1 is 1.30 bits per heavy atom. The molecule has 0 unspecified atom stereocenters. The molecule has 5 nitrogen and oxygen atoms in total. The topological polar surface area (TPSA) is 77.2 Å². The van der Waals surface area contributed by atoms with Gasteiger partial charge in [-0.1, -0.05) is 24.3 Å². The molecule has 1 amide bonds. The lowest BCUT2D eigenvalue weighted by molar-refractivity contribution is 0.0947. The Morgan fingerprint density at radius 3 is 2.75 bits per heavy atom. The minimum Gasteiger partial charge on any atom is -0.494 e. The Labute approximate surface area is 117 Å². The fourth-order valence-corrected chi connectivity index (χ4v) is 1.93. The van der Waals surface area contributed by atoms with Gasteiger partial charge in [0.2, 0.25) is 0 Å². The number of nitrogens with two attached hydrogens (primary N) is 1. The number of benzene rings is 1. The molecule has 0 aliphatic heterocycles. The third-order valence-electron chi connectivity index (χ3n) is 3.03. The van der Waals surface area contributed by atoms with Crippen molar-refractivity contribution in [1.29, 1.82) is 0 Å². The lowest BCUT2D eigenvalue weighted by Crippen LogP contribution is -2.24. The van der Waals surface area contributed by atoms with E-state index in [2.05, 4.69) is 10.3 Å². The summed E-state index contributed by atoms with van der Waals surface area (Å²) >= 11 is 0. The fraction of sp³-hybridized carbons (Fsp3) is 0.200. The molecule has 2 aromatic rings. The van der Waals surface area contributed by atoms with E-state index in [0.717, 1.165) is 11.1 Å². The van der Waals surface area contributed by atoms with E-state index in [1.54, 1.807) is 12.3 Å². The molecule has 104 valence electrons. The van der Waals surface area contributed by atoms with Crippen LogP contribution in [0, 0.1) is 0 Å². The summed E-state index contributed by atoms with van der Waals surface area (Å²) in [6, 6.07) is 9.39. The molecular weight excluding hydrogens is 254 g/mol. The Hall–Kier alpha value is -2.40. The SMILES string of the molecule is COc1cnccc1C(=O)NCc1ccccc1CN. The van der Waals surface area contributed by atoms with Crippen LogP contribution in [0.15, 0.2) is 42.7 Å². The van der Waals surface area contributed by atoms with Gasteiger partial charge in [0, 0.05) is 19.3 Å². The normalized spacial score (nSPS) is 10.1. The monoisotopic (exact) mass is 271 g/mol. The first-order chi connectivity index (χ1) is 9.76. The van der Waals surface area contributed by atoms with Gasteiger partial charge in [0.25, 0.3) is 5.91 Å². The second-order valence-corrected chi connectivity index (χ2v) is 4.23. The summed E-state index contributed by atoms with van der Waals surface area (Å²) in [6.07, 6.45) is 3.08. The maximum Gasteiger partial charge on any atom is 0.255 e. The average Bonchev–Trinajstić information content (AvgIpc) is 2.52. The van der Waals surface area contributed by atoms with Crippen molar-refractivity contribution in [2.45, 2.75) is 13.1 Å². The summed E-state index contributed by atoms with van der Waals surface area (Å²) in [5.41, 5.74) is 8.17. The Morgan fingerprint density at radius 2 is 2.05 bits per heavy atom. The van der Waals surface area contributed by atoms with Crippen molar-refractivity contribution in [1.82, 2.24) is 10.3 Å². The standard InChI is InChI=1S/C15H17N3O2/c1-20-14-10-17-7-6-13(14)15(19)18-9-12-5-3-2-4-11(12)8-16/h2-7,10H,8-9,16H2,1H3,(H,18,19). The summed E-state index contributed by atoms with van der Waals surface area (Å²) in [5, 5.41) is 2.86. The number of nitrogens with one attached hydrogen (secondary N) is 1. The fourth-order valence-electron chi connectivity index (χ4n) is 1.93. The molecule has 20 heavy (non-hydrogen) atoms. The van der Waals surface area contributed by atoms with Crippen LogP contribution in [0.5, 0.6) is 5.75 Å². The van der Waals surface area contributed by atoms with Crippen LogP contribution in [-0.4, -0.2) is 18.0 Å². The van der Waals surface area contributed by atoms with Gasteiger partial charge in [-0.05, 0) is 17.2 Å². The first-order valence-electron chi connectivity index (χ1n) is 6.29. The number of carbonyl (C=O) groups is 1. The number of pyridine rings is 1. The molecule has 0 bridgehead atoms. The first-order valence-corrected chi connectivity index (χ1v) is 6.29. The number of methoxy groups -OCH3 is 1. The van der Waals surface area contributed by atoms with E-state index in [0.29, 0.717) is 24.4 Å². The van der Waals surface area contributed by atoms with E-state index < -0.39 is 0 Å². The van der Waals surface area contributed by atoms with Crippen LogP contribution in [0.25, 0.3) is 0 Å². The quantitative estimate of drug-likeness (QED) is 0.863. The summed E-state index contributed by atoms with van der Waals surface area (Å²) in [6.45, 7) is 0.877. The molecule has 5 heteroatoms. The zero-order chi connectivity index (χ0) is 14.4. The van der Waals surface area contributed by atoms with E-state index in [4.69, 9.17) is 10.5 Å². The molecule has 0 aliphatic rings. The molecule has 1 heterocycles.